The van der Waals surface area contributed by atoms with E-state index in [0.717, 1.165) is 0 Å². The number of halogens is 4. The molecule has 7 heteroatoms. The number of rotatable bonds is 1. The van der Waals surface area contributed by atoms with Gasteiger partial charge in [0.1, 0.15) is 0 Å². The summed E-state index contributed by atoms with van der Waals surface area (Å²) in [6, 6.07) is 0. The van der Waals surface area contributed by atoms with Crippen LogP contribution in [0.4, 0.5) is 17.6 Å². The van der Waals surface area contributed by atoms with Crippen LogP contribution in [0.25, 0.3) is 0 Å². The molecule has 0 aromatic carbocycles. The van der Waals surface area contributed by atoms with Crippen LogP contribution in [0.2, 0.25) is 0 Å². The average molecular weight is 205 g/mol. The number of aliphatic carboxylic acids is 1. The highest BCUT2D eigenvalue weighted by Gasteiger charge is 2.38. The molecular formula is C6H11F4NO2. The van der Waals surface area contributed by atoms with E-state index in [2.05, 4.69) is 0 Å². The fraction of sp³-hybridized carbons (Fsp3) is 0.833. The molecule has 0 fully saturated rings. The van der Waals surface area contributed by atoms with E-state index < -0.39 is 17.9 Å². The third kappa shape index (κ3) is 14.1. The molecule has 0 rings (SSSR count). The Labute approximate surface area is 72.5 Å². The van der Waals surface area contributed by atoms with Crippen molar-refractivity contribution < 1.29 is 27.5 Å². The van der Waals surface area contributed by atoms with Crippen molar-refractivity contribution >= 4 is 5.97 Å². The second-order valence-corrected chi connectivity index (χ2v) is 2.43. The van der Waals surface area contributed by atoms with Crippen LogP contribution < -0.4 is 5.73 Å². The van der Waals surface area contributed by atoms with Crippen molar-refractivity contribution in [2.24, 2.45) is 5.73 Å². The van der Waals surface area contributed by atoms with Gasteiger partial charge in [0.25, 0.3) is 0 Å². The van der Waals surface area contributed by atoms with Gasteiger partial charge in [0.15, 0.2) is 5.79 Å². The molecule has 0 amide bonds. The summed E-state index contributed by atoms with van der Waals surface area (Å²) in [7, 11) is 0. The molecule has 0 spiro atoms. The Morgan fingerprint density at radius 3 is 1.54 bits per heavy atom. The summed E-state index contributed by atoms with van der Waals surface area (Å²) in [5, 5.41) is 7.12. The van der Waals surface area contributed by atoms with E-state index in [1.54, 1.807) is 6.92 Å². The van der Waals surface area contributed by atoms with Crippen molar-refractivity contribution in [3.05, 3.63) is 0 Å². The lowest BCUT2D eigenvalue weighted by Crippen LogP contribution is -2.28. The fourth-order valence-electron chi connectivity index (χ4n) is 0. The monoisotopic (exact) mass is 205 g/mol. The number of carboxylic acids is 1. The van der Waals surface area contributed by atoms with E-state index in [0.29, 0.717) is 6.42 Å². The van der Waals surface area contributed by atoms with E-state index in [1.165, 1.54) is 6.92 Å². The van der Waals surface area contributed by atoms with Crippen molar-refractivity contribution in [1.82, 2.24) is 0 Å². The topological polar surface area (TPSA) is 63.3 Å². The molecule has 0 aromatic rings. The van der Waals surface area contributed by atoms with E-state index in [9.17, 15) is 17.6 Å². The maximum Gasteiger partial charge on any atom is 0.490 e. The van der Waals surface area contributed by atoms with Gasteiger partial charge >= 0.3 is 12.1 Å². The summed E-state index contributed by atoms with van der Waals surface area (Å²) >= 11 is 0. The van der Waals surface area contributed by atoms with Crippen LogP contribution in [0.5, 0.6) is 0 Å². The third-order valence-electron chi connectivity index (χ3n) is 0.934. The maximum atomic E-state index is 11.9. The molecule has 80 valence electrons. The molecule has 0 saturated carbocycles. The number of carbonyl (C=O) groups is 1. The predicted octanol–water partition coefficient (Wildman–Crippen LogP) is 1.67. The SMILES string of the molecule is CCC(C)(N)F.O=C(O)C(F)(F)F. The molecule has 0 aliphatic rings. The second kappa shape index (κ2) is 5.00. The van der Waals surface area contributed by atoms with Crippen molar-refractivity contribution in [2.75, 3.05) is 0 Å². The molecular weight excluding hydrogens is 194 g/mol. The molecule has 0 aromatic heterocycles. The Balaban J connectivity index is 0. The number of hydrogen-bond donors (Lipinski definition) is 2. The molecule has 0 heterocycles. The highest BCUT2D eigenvalue weighted by Crippen LogP contribution is 2.13. The van der Waals surface area contributed by atoms with E-state index in [1.807, 2.05) is 0 Å². The summed E-state index contributed by atoms with van der Waals surface area (Å²) in [5.41, 5.74) is 4.87. The molecule has 0 bridgehead atoms. The van der Waals surface area contributed by atoms with Gasteiger partial charge in [-0.25, -0.2) is 9.18 Å². The molecule has 0 saturated heterocycles. The van der Waals surface area contributed by atoms with Gasteiger partial charge in [0.05, 0.1) is 0 Å². The van der Waals surface area contributed by atoms with Gasteiger partial charge in [-0.3, -0.25) is 5.73 Å². The van der Waals surface area contributed by atoms with Gasteiger partial charge < -0.3 is 5.11 Å². The Bertz CT molecular complexity index is 161. The van der Waals surface area contributed by atoms with Gasteiger partial charge in [-0.05, 0) is 13.3 Å². The largest absolute Gasteiger partial charge is 0.490 e. The first-order valence-electron chi connectivity index (χ1n) is 3.28. The highest BCUT2D eigenvalue weighted by molar-refractivity contribution is 5.73. The van der Waals surface area contributed by atoms with E-state index in [4.69, 9.17) is 15.6 Å². The minimum Gasteiger partial charge on any atom is -0.475 e. The molecule has 0 aliphatic heterocycles. The molecule has 0 radical (unpaired) electrons. The second-order valence-electron chi connectivity index (χ2n) is 2.43. The van der Waals surface area contributed by atoms with E-state index >= 15 is 0 Å². The molecule has 1 unspecified atom stereocenters. The summed E-state index contributed by atoms with van der Waals surface area (Å²) in [5.74, 6) is -4.22. The molecule has 3 N–H and O–H groups in total. The lowest BCUT2D eigenvalue weighted by atomic mass is 10.2. The van der Waals surface area contributed by atoms with Gasteiger partial charge in [0.2, 0.25) is 0 Å². The predicted molar refractivity (Wildman–Crippen MR) is 37.7 cm³/mol. The van der Waals surface area contributed by atoms with Crippen LogP contribution in [0.3, 0.4) is 0 Å². The van der Waals surface area contributed by atoms with Crippen LogP contribution in [0.15, 0.2) is 0 Å². The van der Waals surface area contributed by atoms with E-state index in [-0.39, 0.29) is 0 Å². The lowest BCUT2D eigenvalue weighted by molar-refractivity contribution is -0.192. The molecule has 1 atom stereocenters. The Kier molecular flexibility index (Phi) is 5.64. The fourth-order valence-corrected chi connectivity index (χ4v) is 0. The molecule has 3 nitrogen and oxygen atoms in total. The zero-order valence-electron chi connectivity index (χ0n) is 7.15. The average Bonchev–Trinajstić information content (AvgIpc) is 1.85. The van der Waals surface area contributed by atoms with Crippen LogP contribution in [0, 0.1) is 0 Å². The van der Waals surface area contributed by atoms with Crippen LogP contribution in [-0.4, -0.2) is 23.0 Å². The van der Waals surface area contributed by atoms with Crippen LogP contribution >= 0.6 is 0 Å². The quantitative estimate of drug-likeness (QED) is 0.505. The van der Waals surface area contributed by atoms with Crippen molar-refractivity contribution in [3.8, 4) is 0 Å². The first-order valence-corrected chi connectivity index (χ1v) is 3.28. The van der Waals surface area contributed by atoms with Crippen LogP contribution in [0.1, 0.15) is 20.3 Å². The number of alkyl halides is 4. The smallest absolute Gasteiger partial charge is 0.475 e. The lowest BCUT2D eigenvalue weighted by Gasteiger charge is -2.07. The maximum absolute atomic E-state index is 11.9. The minimum atomic E-state index is -5.08. The van der Waals surface area contributed by atoms with Gasteiger partial charge in [0, 0.05) is 0 Å². The van der Waals surface area contributed by atoms with Crippen LogP contribution in [-0.2, 0) is 4.79 Å². The third-order valence-corrected chi connectivity index (χ3v) is 0.934. The minimum absolute atomic E-state index is 0.382. The van der Waals surface area contributed by atoms with Crippen molar-refractivity contribution in [3.63, 3.8) is 0 Å². The zero-order chi connectivity index (χ0) is 11.3. The number of hydrogen-bond acceptors (Lipinski definition) is 2. The molecule has 13 heavy (non-hydrogen) atoms. The first kappa shape index (κ1) is 14.7. The zero-order valence-corrected chi connectivity index (χ0v) is 7.15. The number of carboxylic acid groups (broad SMARTS) is 1. The van der Waals surface area contributed by atoms with Gasteiger partial charge in [-0.15, -0.1) is 0 Å². The Morgan fingerprint density at radius 2 is 1.54 bits per heavy atom. The molecule has 0 aliphatic carbocycles. The Morgan fingerprint density at radius 1 is 1.38 bits per heavy atom. The Hall–Kier alpha value is -0.850. The highest BCUT2D eigenvalue weighted by atomic mass is 19.4. The first-order chi connectivity index (χ1) is 5.50. The van der Waals surface area contributed by atoms with Crippen molar-refractivity contribution in [2.45, 2.75) is 32.2 Å². The summed E-state index contributed by atoms with van der Waals surface area (Å²) in [4.78, 5) is 8.90. The van der Waals surface area contributed by atoms with Crippen molar-refractivity contribution in [1.29, 1.82) is 0 Å². The summed E-state index contributed by atoms with van der Waals surface area (Å²) in [6.45, 7) is 3.06. The summed E-state index contributed by atoms with van der Waals surface area (Å²) in [6.07, 6.45) is -4.70. The normalized spacial score (nSPS) is 15.3. The number of nitrogens with two attached hydrogens (primary N) is 1. The summed E-state index contributed by atoms with van der Waals surface area (Å²) < 4.78 is 43.6. The van der Waals surface area contributed by atoms with Gasteiger partial charge in [-0.2, -0.15) is 13.2 Å². The van der Waals surface area contributed by atoms with Gasteiger partial charge in [-0.1, -0.05) is 6.92 Å². The standard InChI is InChI=1S/C4H10FN.C2HF3O2/c1-3-4(2,5)6;3-2(4,5)1(6)7/h3,6H2,1-2H3;(H,6,7).